The molecule has 2 amide bonds. The average molecular weight is 311 g/mol. The smallest absolute Gasteiger partial charge is 0.241 e. The second-order valence-electron chi connectivity index (χ2n) is 5.62. The maximum Gasteiger partial charge on any atom is 0.241 e. The minimum Gasteiger partial charge on any atom is -0.346 e. The molecule has 6 heteroatoms. The Kier molecular flexibility index (Phi) is 6.84. The summed E-state index contributed by atoms with van der Waals surface area (Å²) in [5, 5.41) is 4.63. The van der Waals surface area contributed by atoms with Gasteiger partial charge >= 0.3 is 0 Å². The van der Waals surface area contributed by atoms with E-state index in [-0.39, 0.29) is 30.3 Å². The van der Waals surface area contributed by atoms with Crippen LogP contribution in [-0.4, -0.2) is 42.4 Å². The van der Waals surface area contributed by atoms with E-state index in [1.807, 2.05) is 32.2 Å². The minimum absolute atomic E-state index is 0.00939. The van der Waals surface area contributed by atoms with Crippen molar-refractivity contribution in [3.05, 3.63) is 22.4 Å². The van der Waals surface area contributed by atoms with Crippen molar-refractivity contribution < 1.29 is 9.59 Å². The van der Waals surface area contributed by atoms with E-state index in [2.05, 4.69) is 11.4 Å². The largest absolute Gasteiger partial charge is 0.346 e. The summed E-state index contributed by atoms with van der Waals surface area (Å²) < 4.78 is 0. The van der Waals surface area contributed by atoms with E-state index in [0.717, 1.165) is 6.42 Å². The molecule has 0 aliphatic carbocycles. The van der Waals surface area contributed by atoms with Crippen LogP contribution < -0.4 is 11.1 Å². The molecule has 0 radical (unpaired) electrons. The molecule has 1 rings (SSSR count). The molecule has 1 aromatic heterocycles. The molecule has 0 spiro atoms. The van der Waals surface area contributed by atoms with Gasteiger partial charge in [0.15, 0.2) is 0 Å². The zero-order valence-corrected chi connectivity index (χ0v) is 13.9. The lowest BCUT2D eigenvalue weighted by molar-refractivity contribution is -0.133. The molecule has 2 atom stereocenters. The fourth-order valence-electron chi connectivity index (χ4n) is 1.81. The Balaban J connectivity index is 2.42. The van der Waals surface area contributed by atoms with Crippen LogP contribution in [-0.2, 0) is 16.0 Å². The summed E-state index contributed by atoms with van der Waals surface area (Å²) in [5.74, 6) is -0.336. The molecule has 3 N–H and O–H groups in total. The second kappa shape index (κ2) is 8.14. The third kappa shape index (κ3) is 5.47. The molecular weight excluding hydrogens is 286 g/mol. The average Bonchev–Trinajstić information content (AvgIpc) is 2.95. The zero-order chi connectivity index (χ0) is 16.0. The lowest BCUT2D eigenvalue weighted by Gasteiger charge is -2.25. The number of carbonyl (C=O) groups is 2. The number of nitrogens with one attached hydrogen (secondary N) is 1. The van der Waals surface area contributed by atoms with E-state index in [1.54, 1.807) is 23.3 Å². The first-order chi connectivity index (χ1) is 9.82. The van der Waals surface area contributed by atoms with Gasteiger partial charge in [-0.15, -0.1) is 11.3 Å². The topological polar surface area (TPSA) is 75.4 Å². The van der Waals surface area contributed by atoms with Crippen LogP contribution in [0.4, 0.5) is 0 Å². The number of thiophene rings is 1. The van der Waals surface area contributed by atoms with Crippen molar-refractivity contribution in [3.63, 3.8) is 0 Å². The first-order valence-electron chi connectivity index (χ1n) is 7.14. The number of rotatable bonds is 7. The molecule has 21 heavy (non-hydrogen) atoms. The Labute approximate surface area is 130 Å². The molecule has 1 aromatic rings. The Morgan fingerprint density at radius 1 is 1.38 bits per heavy atom. The fraction of sp³-hybridized carbons (Fsp3) is 0.600. The van der Waals surface area contributed by atoms with Gasteiger partial charge in [-0.2, -0.15) is 0 Å². The molecule has 5 nitrogen and oxygen atoms in total. The van der Waals surface area contributed by atoms with Gasteiger partial charge in [0.25, 0.3) is 0 Å². The molecule has 0 bridgehead atoms. The number of carbonyl (C=O) groups excluding carboxylic acids is 2. The van der Waals surface area contributed by atoms with Gasteiger partial charge in [0.1, 0.15) is 0 Å². The Bertz CT molecular complexity index is 459. The fourth-order valence-corrected chi connectivity index (χ4v) is 2.64. The lowest BCUT2D eigenvalue weighted by Crippen LogP contribution is -2.48. The molecule has 118 valence electrons. The molecule has 0 aliphatic rings. The quantitative estimate of drug-likeness (QED) is 0.795. The van der Waals surface area contributed by atoms with Crippen LogP contribution in [0, 0.1) is 5.92 Å². The monoisotopic (exact) mass is 311 g/mol. The van der Waals surface area contributed by atoms with Crippen LogP contribution in [0.3, 0.4) is 0 Å². The van der Waals surface area contributed by atoms with E-state index >= 15 is 0 Å². The number of nitrogens with zero attached hydrogens (tertiary/aromatic N) is 1. The molecule has 0 fully saturated rings. The van der Waals surface area contributed by atoms with Gasteiger partial charge in [-0.05, 0) is 24.3 Å². The van der Waals surface area contributed by atoms with Crippen LogP contribution >= 0.6 is 11.3 Å². The van der Waals surface area contributed by atoms with Crippen molar-refractivity contribution in [1.29, 1.82) is 0 Å². The Morgan fingerprint density at radius 3 is 2.57 bits per heavy atom. The van der Waals surface area contributed by atoms with Crippen LogP contribution in [0.2, 0.25) is 0 Å². The van der Waals surface area contributed by atoms with E-state index in [1.165, 1.54) is 4.88 Å². The number of likely N-dealkylation sites (N-methyl/N-ethyl adjacent to an activating group) is 1. The van der Waals surface area contributed by atoms with Crippen molar-refractivity contribution in [2.75, 3.05) is 13.6 Å². The summed E-state index contributed by atoms with van der Waals surface area (Å²) in [6.45, 7) is 5.74. The number of hydrogen-bond donors (Lipinski definition) is 2. The van der Waals surface area contributed by atoms with E-state index in [4.69, 9.17) is 5.73 Å². The van der Waals surface area contributed by atoms with Crippen molar-refractivity contribution in [2.45, 2.75) is 39.3 Å². The summed E-state index contributed by atoms with van der Waals surface area (Å²) in [6.07, 6.45) is 0.819. The summed E-state index contributed by atoms with van der Waals surface area (Å²) in [7, 11) is 1.76. The molecule has 0 aliphatic heterocycles. The van der Waals surface area contributed by atoms with Gasteiger partial charge in [0, 0.05) is 24.4 Å². The minimum atomic E-state index is -0.577. The number of hydrogen-bond acceptors (Lipinski definition) is 4. The maximum atomic E-state index is 12.1. The summed E-state index contributed by atoms with van der Waals surface area (Å²) in [5.41, 5.74) is 5.74. The van der Waals surface area contributed by atoms with Crippen molar-refractivity contribution in [1.82, 2.24) is 10.2 Å². The van der Waals surface area contributed by atoms with E-state index in [9.17, 15) is 9.59 Å². The first kappa shape index (κ1) is 17.7. The SMILES string of the molecule is CC(C)[C@H](N)C(=O)NCC(=O)N(C)C(C)Cc1cccs1. The highest BCUT2D eigenvalue weighted by atomic mass is 32.1. The highest BCUT2D eigenvalue weighted by molar-refractivity contribution is 7.09. The van der Waals surface area contributed by atoms with Crippen LogP contribution in [0.15, 0.2) is 17.5 Å². The van der Waals surface area contributed by atoms with Crippen molar-refractivity contribution in [2.24, 2.45) is 11.7 Å². The number of amides is 2. The summed E-state index contributed by atoms with van der Waals surface area (Å²) in [6, 6.07) is 3.57. The molecule has 0 aromatic carbocycles. The summed E-state index contributed by atoms with van der Waals surface area (Å²) in [4.78, 5) is 26.7. The van der Waals surface area contributed by atoms with Gasteiger partial charge < -0.3 is 16.0 Å². The molecular formula is C15H25N3O2S. The normalized spacial score (nSPS) is 13.8. The van der Waals surface area contributed by atoms with Crippen LogP contribution in [0.25, 0.3) is 0 Å². The highest BCUT2D eigenvalue weighted by Crippen LogP contribution is 2.13. The third-order valence-corrected chi connectivity index (χ3v) is 4.46. The van der Waals surface area contributed by atoms with E-state index in [0.29, 0.717) is 0 Å². The third-order valence-electron chi connectivity index (χ3n) is 3.57. The zero-order valence-electron chi connectivity index (χ0n) is 13.1. The Morgan fingerprint density at radius 2 is 2.05 bits per heavy atom. The van der Waals surface area contributed by atoms with Crippen LogP contribution in [0.5, 0.6) is 0 Å². The predicted octanol–water partition coefficient (Wildman–Crippen LogP) is 1.24. The molecule has 0 saturated heterocycles. The number of nitrogens with two attached hydrogens (primary N) is 1. The lowest BCUT2D eigenvalue weighted by atomic mass is 10.1. The summed E-state index contributed by atoms with van der Waals surface area (Å²) >= 11 is 1.68. The van der Waals surface area contributed by atoms with Gasteiger partial charge in [0.2, 0.25) is 11.8 Å². The van der Waals surface area contributed by atoms with Crippen LogP contribution in [0.1, 0.15) is 25.6 Å². The molecule has 0 saturated carbocycles. The second-order valence-corrected chi connectivity index (χ2v) is 6.66. The van der Waals surface area contributed by atoms with Gasteiger partial charge in [0.05, 0.1) is 12.6 Å². The molecule has 1 heterocycles. The van der Waals surface area contributed by atoms with E-state index < -0.39 is 6.04 Å². The van der Waals surface area contributed by atoms with Gasteiger partial charge in [-0.3, -0.25) is 9.59 Å². The van der Waals surface area contributed by atoms with Crippen molar-refractivity contribution >= 4 is 23.2 Å². The first-order valence-corrected chi connectivity index (χ1v) is 8.02. The van der Waals surface area contributed by atoms with Crippen molar-refractivity contribution in [3.8, 4) is 0 Å². The standard InChI is InChI=1S/C15H25N3O2S/c1-10(2)14(16)15(20)17-9-13(19)18(4)11(3)8-12-6-5-7-21-12/h5-7,10-11,14H,8-9,16H2,1-4H3,(H,17,20)/t11?,14-/m0/s1. The van der Waals surface area contributed by atoms with Gasteiger partial charge in [-0.25, -0.2) is 0 Å². The highest BCUT2D eigenvalue weighted by Gasteiger charge is 2.20. The predicted molar refractivity (Wildman–Crippen MR) is 86.1 cm³/mol. The van der Waals surface area contributed by atoms with Gasteiger partial charge in [-0.1, -0.05) is 19.9 Å². The Hall–Kier alpha value is -1.40. The maximum absolute atomic E-state index is 12.1. The molecule has 1 unspecified atom stereocenters.